The third kappa shape index (κ3) is 2.31. The van der Waals surface area contributed by atoms with E-state index in [-0.39, 0.29) is 17.0 Å². The molecule has 4 rings (SSSR count). The summed E-state index contributed by atoms with van der Waals surface area (Å²) in [5.41, 5.74) is 1.41. The number of benzene rings is 1. The molecule has 1 unspecified atom stereocenters. The molecule has 0 aliphatic carbocycles. The van der Waals surface area contributed by atoms with E-state index in [2.05, 4.69) is 15.5 Å². The van der Waals surface area contributed by atoms with Crippen LogP contribution in [0.25, 0.3) is 11.3 Å². The fourth-order valence-corrected chi connectivity index (χ4v) is 3.52. The lowest BCUT2D eigenvalue weighted by Gasteiger charge is -2.30. The zero-order valence-electron chi connectivity index (χ0n) is 12.1. The summed E-state index contributed by atoms with van der Waals surface area (Å²) in [4.78, 5) is 14.2. The van der Waals surface area contributed by atoms with Crippen molar-refractivity contribution in [3.8, 4) is 5.69 Å². The predicted octanol–water partition coefficient (Wildman–Crippen LogP) is 2.23. The molecular weight excluding hydrogens is 321 g/mol. The number of fused-ring (bicyclic) bond motifs is 1. The van der Waals surface area contributed by atoms with Crippen molar-refractivity contribution in [1.82, 2.24) is 25.1 Å². The van der Waals surface area contributed by atoms with Crippen LogP contribution >= 0.6 is 11.6 Å². The largest absolute Gasteiger partial charge is 0.336 e. The van der Waals surface area contributed by atoms with Gasteiger partial charge in [0.25, 0.3) is 0 Å². The molecule has 0 bridgehead atoms. The topological polar surface area (TPSA) is 63.9 Å². The zero-order chi connectivity index (χ0) is 16.0. The fourth-order valence-electron chi connectivity index (χ4n) is 3.37. The summed E-state index contributed by atoms with van der Waals surface area (Å²) < 4.78 is 16.1. The zero-order valence-corrected chi connectivity index (χ0v) is 12.9. The Kier molecular flexibility index (Phi) is 3.37. The van der Waals surface area contributed by atoms with Crippen molar-refractivity contribution >= 4 is 23.1 Å². The Morgan fingerprint density at radius 1 is 1.35 bits per heavy atom. The van der Waals surface area contributed by atoms with E-state index in [1.807, 2.05) is 4.90 Å². The van der Waals surface area contributed by atoms with Crippen LogP contribution in [0.5, 0.6) is 0 Å². The standard InChI is InChI=1S/C15H13ClFN5O/c16-11-3-4-12(22-8-18-19-20-22)14(15(11)17)9-6-10-2-1-5-21(10)13(23)7-9/h3-4,7-8,10H,1-2,5-6H2. The quantitative estimate of drug-likeness (QED) is 0.845. The Morgan fingerprint density at radius 2 is 2.22 bits per heavy atom. The van der Waals surface area contributed by atoms with Gasteiger partial charge < -0.3 is 4.90 Å². The molecule has 1 aromatic carbocycles. The molecule has 2 aliphatic rings. The summed E-state index contributed by atoms with van der Waals surface area (Å²) in [6.45, 7) is 0.769. The van der Waals surface area contributed by atoms with Gasteiger partial charge >= 0.3 is 0 Å². The number of carbonyl (C=O) groups is 1. The molecule has 0 saturated carbocycles. The first kappa shape index (κ1) is 14.3. The number of tetrazole rings is 1. The molecule has 0 radical (unpaired) electrons. The van der Waals surface area contributed by atoms with Gasteiger partial charge in [0.05, 0.1) is 10.7 Å². The second-order valence-corrected chi connectivity index (χ2v) is 6.12. The average Bonchev–Trinajstić information content (AvgIpc) is 3.20. The highest BCUT2D eigenvalue weighted by Gasteiger charge is 2.34. The average molecular weight is 334 g/mol. The molecule has 118 valence electrons. The molecule has 1 atom stereocenters. The minimum atomic E-state index is -0.551. The van der Waals surface area contributed by atoms with E-state index in [0.717, 1.165) is 19.4 Å². The lowest BCUT2D eigenvalue weighted by Crippen LogP contribution is -2.37. The van der Waals surface area contributed by atoms with Crippen LogP contribution in [-0.4, -0.2) is 43.6 Å². The normalized spacial score (nSPS) is 20.6. The highest BCUT2D eigenvalue weighted by atomic mass is 35.5. The Bertz CT molecular complexity index is 804. The molecule has 2 aromatic rings. The summed E-state index contributed by atoms with van der Waals surface area (Å²) in [6.07, 6.45) is 5.42. The van der Waals surface area contributed by atoms with E-state index in [0.29, 0.717) is 23.2 Å². The number of carbonyl (C=O) groups excluding carboxylic acids is 1. The number of hydrogen-bond acceptors (Lipinski definition) is 4. The molecule has 1 amide bonds. The number of aromatic nitrogens is 4. The lowest BCUT2D eigenvalue weighted by atomic mass is 9.92. The van der Waals surface area contributed by atoms with Crippen molar-refractivity contribution in [2.24, 2.45) is 0 Å². The van der Waals surface area contributed by atoms with E-state index in [1.165, 1.54) is 23.2 Å². The maximum Gasteiger partial charge on any atom is 0.247 e. The summed E-state index contributed by atoms with van der Waals surface area (Å²) in [6, 6.07) is 3.25. The summed E-state index contributed by atoms with van der Waals surface area (Å²) in [7, 11) is 0. The van der Waals surface area contributed by atoms with E-state index < -0.39 is 5.82 Å². The van der Waals surface area contributed by atoms with Crippen LogP contribution < -0.4 is 0 Å². The molecule has 0 N–H and O–H groups in total. The second-order valence-electron chi connectivity index (χ2n) is 5.71. The van der Waals surface area contributed by atoms with Gasteiger partial charge in [0, 0.05) is 24.2 Å². The molecule has 1 saturated heterocycles. The first-order valence-electron chi connectivity index (χ1n) is 7.38. The van der Waals surface area contributed by atoms with Crippen LogP contribution in [0.1, 0.15) is 24.8 Å². The van der Waals surface area contributed by atoms with Gasteiger partial charge in [-0.3, -0.25) is 4.79 Å². The third-order valence-electron chi connectivity index (χ3n) is 4.40. The molecule has 23 heavy (non-hydrogen) atoms. The smallest absolute Gasteiger partial charge is 0.247 e. The predicted molar refractivity (Wildman–Crippen MR) is 81.5 cm³/mol. The highest BCUT2D eigenvalue weighted by Crippen LogP contribution is 2.37. The van der Waals surface area contributed by atoms with Crippen molar-refractivity contribution in [1.29, 1.82) is 0 Å². The maximum absolute atomic E-state index is 14.7. The van der Waals surface area contributed by atoms with Gasteiger partial charge in [0.15, 0.2) is 5.82 Å². The second kappa shape index (κ2) is 5.42. The van der Waals surface area contributed by atoms with Crippen LogP contribution in [0.4, 0.5) is 4.39 Å². The number of nitrogens with zero attached hydrogens (tertiary/aromatic N) is 5. The molecule has 0 spiro atoms. The molecule has 1 fully saturated rings. The van der Waals surface area contributed by atoms with Crippen molar-refractivity contribution in [2.75, 3.05) is 6.54 Å². The van der Waals surface area contributed by atoms with Gasteiger partial charge in [-0.1, -0.05) is 11.6 Å². The van der Waals surface area contributed by atoms with Crippen LogP contribution in [0.2, 0.25) is 5.02 Å². The molecular formula is C15H13ClFN5O. The first-order chi connectivity index (χ1) is 11.1. The van der Waals surface area contributed by atoms with Gasteiger partial charge in [-0.05, 0) is 47.4 Å². The summed E-state index contributed by atoms with van der Waals surface area (Å²) in [5.74, 6) is -0.624. The first-order valence-corrected chi connectivity index (χ1v) is 7.76. The number of amides is 1. The van der Waals surface area contributed by atoms with Crippen molar-refractivity contribution in [3.05, 3.63) is 40.9 Å². The molecule has 8 heteroatoms. The van der Waals surface area contributed by atoms with Gasteiger partial charge in [-0.25, -0.2) is 4.39 Å². The number of hydrogen-bond donors (Lipinski definition) is 0. The fraction of sp³-hybridized carbons (Fsp3) is 0.333. The lowest BCUT2D eigenvalue weighted by molar-refractivity contribution is -0.127. The Morgan fingerprint density at radius 3 is 3.00 bits per heavy atom. The van der Waals surface area contributed by atoms with Crippen LogP contribution in [0.3, 0.4) is 0 Å². The van der Waals surface area contributed by atoms with Gasteiger partial charge in [-0.2, -0.15) is 4.68 Å². The van der Waals surface area contributed by atoms with E-state index in [4.69, 9.17) is 11.6 Å². The van der Waals surface area contributed by atoms with Crippen LogP contribution in [0.15, 0.2) is 24.5 Å². The van der Waals surface area contributed by atoms with Crippen LogP contribution in [-0.2, 0) is 4.79 Å². The van der Waals surface area contributed by atoms with Crippen molar-refractivity contribution in [3.63, 3.8) is 0 Å². The molecule has 6 nitrogen and oxygen atoms in total. The van der Waals surface area contributed by atoms with Gasteiger partial charge in [0.1, 0.15) is 6.33 Å². The monoisotopic (exact) mass is 333 g/mol. The summed E-state index contributed by atoms with van der Waals surface area (Å²) in [5, 5.41) is 11.0. The molecule has 1 aromatic heterocycles. The Balaban J connectivity index is 1.87. The number of halogens is 2. The SMILES string of the molecule is O=C1C=C(c2c(-n3cnnn3)ccc(Cl)c2F)CC2CCCN12. The van der Waals surface area contributed by atoms with E-state index >= 15 is 0 Å². The molecule has 3 heterocycles. The minimum Gasteiger partial charge on any atom is -0.336 e. The van der Waals surface area contributed by atoms with Crippen molar-refractivity contribution < 1.29 is 9.18 Å². The highest BCUT2D eigenvalue weighted by molar-refractivity contribution is 6.31. The third-order valence-corrected chi connectivity index (χ3v) is 4.70. The Hall–Kier alpha value is -2.28. The van der Waals surface area contributed by atoms with Gasteiger partial charge in [0.2, 0.25) is 5.91 Å². The molecule has 2 aliphatic heterocycles. The summed E-state index contributed by atoms with van der Waals surface area (Å²) >= 11 is 5.96. The van der Waals surface area contributed by atoms with Crippen molar-refractivity contribution in [2.45, 2.75) is 25.3 Å². The van der Waals surface area contributed by atoms with Crippen LogP contribution in [0, 0.1) is 5.82 Å². The Labute approximate surface area is 136 Å². The van der Waals surface area contributed by atoms with Gasteiger partial charge in [-0.15, -0.1) is 5.10 Å². The van der Waals surface area contributed by atoms with E-state index in [9.17, 15) is 9.18 Å². The number of rotatable bonds is 2. The maximum atomic E-state index is 14.7. The van der Waals surface area contributed by atoms with E-state index in [1.54, 1.807) is 6.07 Å². The minimum absolute atomic E-state index is 0.0130.